The predicted octanol–water partition coefficient (Wildman–Crippen LogP) is 1.69. The van der Waals surface area contributed by atoms with Gasteiger partial charge in [-0.2, -0.15) is 0 Å². The van der Waals surface area contributed by atoms with E-state index in [1.807, 2.05) is 13.8 Å². The number of nitrogens with one attached hydrogen (secondary N) is 2. The van der Waals surface area contributed by atoms with Gasteiger partial charge in [-0.1, -0.05) is 13.8 Å². The third-order valence-electron chi connectivity index (χ3n) is 2.32. The molecular formula is C14H28N2O4. The van der Waals surface area contributed by atoms with Gasteiger partial charge in [0, 0.05) is 13.7 Å². The second-order valence-corrected chi connectivity index (χ2v) is 6.11. The van der Waals surface area contributed by atoms with Crippen LogP contribution in [0.4, 0.5) is 4.79 Å². The van der Waals surface area contributed by atoms with Gasteiger partial charge in [-0.25, -0.2) is 4.79 Å². The van der Waals surface area contributed by atoms with Crippen LogP contribution in [0.25, 0.3) is 0 Å². The Balaban J connectivity index is 4.47. The van der Waals surface area contributed by atoms with Crippen LogP contribution in [0.2, 0.25) is 0 Å². The highest BCUT2D eigenvalue weighted by Crippen LogP contribution is 2.09. The number of methoxy groups -OCH3 is 1. The zero-order valence-corrected chi connectivity index (χ0v) is 13.4. The lowest BCUT2D eigenvalue weighted by Gasteiger charge is -2.24. The topological polar surface area (TPSA) is 76.7 Å². The lowest BCUT2D eigenvalue weighted by atomic mass is 10.0. The first-order valence-electron chi connectivity index (χ1n) is 6.92. The summed E-state index contributed by atoms with van der Waals surface area (Å²) in [6, 6.07) is -0.596. The van der Waals surface area contributed by atoms with E-state index in [0.717, 1.165) is 0 Å². The van der Waals surface area contributed by atoms with Crippen LogP contribution in [0.1, 0.15) is 41.0 Å². The molecule has 6 nitrogen and oxygen atoms in total. The predicted molar refractivity (Wildman–Crippen MR) is 77.5 cm³/mol. The van der Waals surface area contributed by atoms with Gasteiger partial charge in [-0.15, -0.1) is 0 Å². The van der Waals surface area contributed by atoms with Crippen molar-refractivity contribution in [3.05, 3.63) is 0 Å². The summed E-state index contributed by atoms with van der Waals surface area (Å²) in [7, 11) is 1.57. The number of amides is 2. The minimum Gasteiger partial charge on any atom is -0.444 e. The molecule has 0 radical (unpaired) electrons. The first-order chi connectivity index (χ1) is 9.15. The van der Waals surface area contributed by atoms with E-state index in [-0.39, 0.29) is 11.8 Å². The molecule has 0 saturated heterocycles. The molecule has 1 atom stereocenters. The lowest BCUT2D eigenvalue weighted by Crippen LogP contribution is -2.49. The summed E-state index contributed by atoms with van der Waals surface area (Å²) >= 11 is 0. The van der Waals surface area contributed by atoms with E-state index in [4.69, 9.17) is 9.47 Å². The third kappa shape index (κ3) is 9.61. The largest absolute Gasteiger partial charge is 0.444 e. The van der Waals surface area contributed by atoms with E-state index in [0.29, 0.717) is 19.6 Å². The van der Waals surface area contributed by atoms with E-state index in [2.05, 4.69) is 10.6 Å². The van der Waals surface area contributed by atoms with Crippen molar-refractivity contribution in [3.8, 4) is 0 Å². The normalized spacial score (nSPS) is 12.9. The maximum Gasteiger partial charge on any atom is 0.408 e. The molecule has 0 aliphatic carbocycles. The van der Waals surface area contributed by atoms with Crippen molar-refractivity contribution in [2.45, 2.75) is 52.7 Å². The Morgan fingerprint density at radius 3 is 2.25 bits per heavy atom. The Morgan fingerprint density at radius 2 is 1.80 bits per heavy atom. The zero-order valence-electron chi connectivity index (χ0n) is 13.4. The van der Waals surface area contributed by atoms with Crippen molar-refractivity contribution >= 4 is 12.0 Å². The second-order valence-electron chi connectivity index (χ2n) is 6.11. The van der Waals surface area contributed by atoms with Gasteiger partial charge in [-0.3, -0.25) is 4.79 Å². The maximum atomic E-state index is 12.0. The fourth-order valence-corrected chi connectivity index (χ4v) is 1.55. The molecule has 0 aromatic carbocycles. The van der Waals surface area contributed by atoms with Crippen LogP contribution >= 0.6 is 0 Å². The molecule has 1 unspecified atom stereocenters. The van der Waals surface area contributed by atoms with Crippen LogP contribution in [0.15, 0.2) is 0 Å². The Labute approximate surface area is 121 Å². The quantitative estimate of drug-likeness (QED) is 0.699. The summed E-state index contributed by atoms with van der Waals surface area (Å²) in [6.45, 7) is 10.2. The molecule has 2 amide bonds. The first-order valence-corrected chi connectivity index (χ1v) is 6.92. The van der Waals surface area contributed by atoms with Crippen molar-refractivity contribution in [1.29, 1.82) is 0 Å². The van der Waals surface area contributed by atoms with Gasteiger partial charge in [0.1, 0.15) is 11.6 Å². The molecule has 0 heterocycles. The van der Waals surface area contributed by atoms with Crippen LogP contribution in [-0.4, -0.2) is 43.9 Å². The molecule has 0 aliphatic heterocycles. The average molecular weight is 288 g/mol. The molecule has 0 rings (SSSR count). The third-order valence-corrected chi connectivity index (χ3v) is 2.32. The van der Waals surface area contributed by atoms with Crippen molar-refractivity contribution in [3.63, 3.8) is 0 Å². The van der Waals surface area contributed by atoms with Crippen LogP contribution in [-0.2, 0) is 14.3 Å². The van der Waals surface area contributed by atoms with Crippen LogP contribution in [0.5, 0.6) is 0 Å². The number of carbonyl (C=O) groups is 2. The summed E-state index contributed by atoms with van der Waals surface area (Å²) in [6.07, 6.45) is -0.0250. The molecule has 0 aromatic rings. The molecule has 6 heteroatoms. The highest BCUT2D eigenvalue weighted by molar-refractivity contribution is 5.85. The van der Waals surface area contributed by atoms with Crippen molar-refractivity contribution in [2.75, 3.05) is 20.3 Å². The summed E-state index contributed by atoms with van der Waals surface area (Å²) in [4.78, 5) is 23.8. The molecule has 20 heavy (non-hydrogen) atoms. The molecule has 0 spiro atoms. The zero-order chi connectivity index (χ0) is 15.8. The minimum absolute atomic E-state index is 0.221. The van der Waals surface area contributed by atoms with Gasteiger partial charge in [0.2, 0.25) is 5.91 Å². The van der Waals surface area contributed by atoms with Crippen LogP contribution < -0.4 is 10.6 Å². The number of ether oxygens (including phenoxy) is 2. The lowest BCUT2D eigenvalue weighted by molar-refractivity contribution is -0.123. The molecule has 0 bridgehead atoms. The van der Waals surface area contributed by atoms with Gasteiger partial charge in [0.25, 0.3) is 0 Å². The summed E-state index contributed by atoms with van der Waals surface area (Å²) in [5.41, 5.74) is -0.584. The molecule has 0 saturated carbocycles. The van der Waals surface area contributed by atoms with Crippen LogP contribution in [0, 0.1) is 5.92 Å². The Bertz CT molecular complexity index is 311. The van der Waals surface area contributed by atoms with Crippen molar-refractivity contribution < 1.29 is 19.1 Å². The first kappa shape index (κ1) is 18.7. The number of hydrogen-bond acceptors (Lipinski definition) is 4. The molecule has 0 fully saturated rings. The number of rotatable bonds is 7. The Kier molecular flexibility index (Phi) is 8.22. The highest BCUT2D eigenvalue weighted by Gasteiger charge is 2.24. The molecule has 118 valence electrons. The van der Waals surface area contributed by atoms with Crippen molar-refractivity contribution in [1.82, 2.24) is 10.6 Å². The number of alkyl carbamates (subject to hydrolysis) is 1. The second kappa shape index (κ2) is 8.79. The SMILES string of the molecule is COCCNC(=O)C(CC(C)C)NC(=O)OC(C)(C)C. The number of carbonyl (C=O) groups excluding carboxylic acids is 2. The van der Waals surface area contributed by atoms with Gasteiger partial charge in [0.05, 0.1) is 6.61 Å². The van der Waals surface area contributed by atoms with Gasteiger partial charge in [-0.05, 0) is 33.1 Å². The van der Waals surface area contributed by atoms with Gasteiger partial charge >= 0.3 is 6.09 Å². The Hall–Kier alpha value is -1.30. The summed E-state index contributed by atoms with van der Waals surface area (Å²) < 4.78 is 10.0. The van der Waals surface area contributed by atoms with E-state index in [1.54, 1.807) is 27.9 Å². The standard InChI is InChI=1S/C14H28N2O4/c1-10(2)9-11(12(17)15-7-8-19-6)16-13(18)20-14(3,4)5/h10-11H,7-9H2,1-6H3,(H,15,17)(H,16,18). The monoisotopic (exact) mass is 288 g/mol. The van der Waals surface area contributed by atoms with E-state index in [1.165, 1.54) is 0 Å². The Morgan fingerprint density at radius 1 is 1.20 bits per heavy atom. The smallest absolute Gasteiger partial charge is 0.408 e. The number of hydrogen-bond donors (Lipinski definition) is 2. The highest BCUT2D eigenvalue weighted by atomic mass is 16.6. The molecule has 0 aromatic heterocycles. The fraction of sp³-hybridized carbons (Fsp3) is 0.857. The molecule has 0 aliphatic rings. The van der Waals surface area contributed by atoms with Crippen molar-refractivity contribution in [2.24, 2.45) is 5.92 Å². The molecular weight excluding hydrogens is 260 g/mol. The summed E-state index contributed by atoms with van der Waals surface area (Å²) in [5, 5.41) is 5.34. The average Bonchev–Trinajstić information content (AvgIpc) is 2.25. The van der Waals surface area contributed by atoms with E-state index >= 15 is 0 Å². The van der Waals surface area contributed by atoms with Gasteiger partial charge in [0.15, 0.2) is 0 Å². The fourth-order valence-electron chi connectivity index (χ4n) is 1.55. The summed E-state index contributed by atoms with van der Waals surface area (Å²) in [5.74, 6) is 0.0599. The van der Waals surface area contributed by atoms with Gasteiger partial charge < -0.3 is 20.1 Å². The maximum absolute atomic E-state index is 12.0. The van der Waals surface area contributed by atoms with E-state index < -0.39 is 17.7 Å². The van der Waals surface area contributed by atoms with E-state index in [9.17, 15) is 9.59 Å². The molecule has 2 N–H and O–H groups in total. The van der Waals surface area contributed by atoms with Crippen LogP contribution in [0.3, 0.4) is 0 Å². The minimum atomic E-state index is -0.596.